The topological polar surface area (TPSA) is 149 Å². The van der Waals surface area contributed by atoms with Gasteiger partial charge in [-0.25, -0.2) is 0 Å². The summed E-state index contributed by atoms with van der Waals surface area (Å²) < 4.78 is 0. The van der Waals surface area contributed by atoms with Gasteiger partial charge in [-0.2, -0.15) is 0 Å². The lowest BCUT2D eigenvalue weighted by Gasteiger charge is -2.13. The molecule has 16 rings (SSSR count). The summed E-state index contributed by atoms with van der Waals surface area (Å²) in [6, 6.07) is 85.5. The molecule has 0 amide bonds. The Morgan fingerprint density at radius 3 is 0.620 bits per heavy atom. The van der Waals surface area contributed by atoms with Gasteiger partial charge in [-0.3, -0.25) is 19.2 Å². The number of rotatable bonds is 12. The number of Topliss-reactive ketones (excluding diaryl/α,β-unsaturated/α-hetero) is 4. The van der Waals surface area contributed by atoms with E-state index in [9.17, 15) is 39.6 Å². The first-order valence-corrected chi connectivity index (χ1v) is 31.7. The number of carbonyl (C=O) groups excluding carboxylic acids is 4. The third-order valence-corrected chi connectivity index (χ3v) is 20.6. The minimum Gasteiger partial charge on any atom is -0.507 e. The van der Waals surface area contributed by atoms with Gasteiger partial charge >= 0.3 is 0 Å². The van der Waals surface area contributed by atoms with Crippen LogP contribution in [0.5, 0.6) is 23.0 Å². The van der Waals surface area contributed by atoms with Gasteiger partial charge in [0.1, 0.15) is 23.0 Å². The molecule has 4 N–H and O–H groups in total. The molecule has 0 bridgehead atoms. The molecule has 4 saturated carbocycles. The Balaban J connectivity index is 0.000000112. The van der Waals surface area contributed by atoms with E-state index >= 15 is 0 Å². The molecule has 4 fully saturated rings. The van der Waals surface area contributed by atoms with Crippen LogP contribution >= 0.6 is 0 Å². The van der Waals surface area contributed by atoms with Crippen molar-refractivity contribution >= 4 is 66.2 Å². The predicted molar refractivity (Wildman–Crippen MR) is 367 cm³/mol. The first-order valence-electron chi connectivity index (χ1n) is 31.7. The molecule has 0 radical (unpaired) electrons. The van der Waals surface area contributed by atoms with Crippen LogP contribution in [0, 0.1) is 23.7 Å². The van der Waals surface area contributed by atoms with Crippen molar-refractivity contribution in [2.45, 2.75) is 75.0 Å². The van der Waals surface area contributed by atoms with Crippen LogP contribution < -0.4 is 0 Å². The van der Waals surface area contributed by atoms with Gasteiger partial charge in [0.15, 0.2) is 23.1 Å². The summed E-state index contributed by atoms with van der Waals surface area (Å²) in [4.78, 5) is 52.3. The zero-order valence-corrected chi connectivity index (χ0v) is 52.0. The molecule has 0 unspecified atom stereocenters. The molecule has 456 valence electrons. The molecule has 92 heavy (non-hydrogen) atoms. The summed E-state index contributed by atoms with van der Waals surface area (Å²) >= 11 is 0. The van der Waals surface area contributed by atoms with Gasteiger partial charge in [-0.1, -0.05) is 270 Å². The van der Waals surface area contributed by atoms with Crippen LogP contribution in [-0.2, 0) is 21.7 Å². The normalized spacial score (nSPS) is 22.9. The lowest BCUT2D eigenvalue weighted by Crippen LogP contribution is -2.12. The Labute approximate surface area is 536 Å². The minimum absolute atomic E-state index is 0.0469. The summed E-state index contributed by atoms with van der Waals surface area (Å²) in [7, 11) is 0. The van der Waals surface area contributed by atoms with Gasteiger partial charge in [0, 0.05) is 45.3 Å². The van der Waals surface area contributed by atoms with Crippen molar-refractivity contribution in [1.29, 1.82) is 0 Å². The molecule has 12 aromatic rings. The van der Waals surface area contributed by atoms with E-state index < -0.39 is 0 Å². The van der Waals surface area contributed by atoms with Gasteiger partial charge in [0.2, 0.25) is 0 Å². The molecule has 4 aliphatic carbocycles. The van der Waals surface area contributed by atoms with E-state index in [0.717, 1.165) is 68.8 Å². The first-order chi connectivity index (χ1) is 44.4. The summed E-state index contributed by atoms with van der Waals surface area (Å²) in [5.41, 5.74) is 6.14. The van der Waals surface area contributed by atoms with Gasteiger partial charge in [-0.05, 0) is 115 Å². The highest BCUT2D eigenvalue weighted by atomic mass is 16.3. The number of carbonyl (C=O) groups is 4. The van der Waals surface area contributed by atoms with Crippen molar-refractivity contribution in [3.8, 4) is 23.0 Å². The second-order valence-corrected chi connectivity index (χ2v) is 26.3. The number of hydrogen-bond donors (Lipinski definition) is 4. The molecule has 0 spiro atoms. The SMILES string of the molecule is C[C@]1(c2ccccc2)C[C@@H]1C(=O)c1c(O)ccc2ccccc12.C[C@]1(c2ccccc2)C[C@@H]1C(=O)c1c(O)ccc2ccccc12.C[C@]1(c2ccccc2)C[C@@H]1C(=O)c1c(O)ccc2ccccc12.C[C@]1(c2ccccc2)C[C@@H]1C(=O)c1c(O)ccc2ccccc12. The second-order valence-electron chi connectivity index (χ2n) is 26.3. The van der Waals surface area contributed by atoms with Crippen LogP contribution in [0.15, 0.2) is 267 Å². The largest absolute Gasteiger partial charge is 0.507 e. The van der Waals surface area contributed by atoms with E-state index in [1.54, 1.807) is 24.3 Å². The number of phenolic OH excluding ortho intramolecular Hbond substituents is 4. The fourth-order valence-electron chi connectivity index (χ4n) is 14.3. The molecular weight excluding hydrogens is 1140 g/mol. The third kappa shape index (κ3) is 11.2. The van der Waals surface area contributed by atoms with Crippen LogP contribution in [-0.4, -0.2) is 43.6 Å². The average molecular weight is 1210 g/mol. The fraction of sp³-hybridized carbons (Fsp3) is 0.190. The van der Waals surface area contributed by atoms with Gasteiger partial charge in [-0.15, -0.1) is 0 Å². The number of hydrogen-bond acceptors (Lipinski definition) is 8. The summed E-state index contributed by atoms with van der Waals surface area (Å²) in [6.45, 7) is 8.53. The highest BCUT2D eigenvalue weighted by Gasteiger charge is 2.59. The van der Waals surface area contributed by atoms with E-state index in [-0.39, 0.29) is 91.5 Å². The summed E-state index contributed by atoms with van der Waals surface area (Å²) in [5, 5.41) is 48.4. The molecule has 0 heterocycles. The van der Waals surface area contributed by atoms with Gasteiger partial charge in [0.05, 0.1) is 22.3 Å². The van der Waals surface area contributed by atoms with Crippen LogP contribution in [0.4, 0.5) is 0 Å². The summed E-state index contributed by atoms with van der Waals surface area (Å²) in [5.74, 6) is 0.234. The molecule has 0 aromatic heterocycles. The molecule has 8 heteroatoms. The molecular formula is C84H72O8. The average Bonchev–Trinajstić information content (AvgIpc) is 1.59. The van der Waals surface area contributed by atoms with Crippen LogP contribution in [0.1, 0.15) is 117 Å². The van der Waals surface area contributed by atoms with E-state index in [1.807, 2.05) is 194 Å². The fourth-order valence-corrected chi connectivity index (χ4v) is 14.3. The Bertz CT molecular complexity index is 4200. The number of fused-ring (bicyclic) bond motifs is 4. The number of ketones is 4. The quantitative estimate of drug-likeness (QED) is 0.0884. The van der Waals surface area contributed by atoms with E-state index in [4.69, 9.17) is 0 Å². The van der Waals surface area contributed by atoms with Crippen molar-refractivity contribution in [2.24, 2.45) is 23.7 Å². The molecule has 0 aliphatic heterocycles. The second kappa shape index (κ2) is 24.1. The van der Waals surface area contributed by atoms with Gasteiger partial charge in [0.25, 0.3) is 0 Å². The highest BCUT2D eigenvalue weighted by Crippen LogP contribution is 2.59. The van der Waals surface area contributed by atoms with Crippen LogP contribution in [0.25, 0.3) is 43.1 Å². The van der Waals surface area contributed by atoms with Crippen molar-refractivity contribution in [2.75, 3.05) is 0 Å². The molecule has 12 aromatic carbocycles. The predicted octanol–water partition coefficient (Wildman–Crippen LogP) is 18.8. The Hall–Kier alpha value is -10.4. The molecule has 4 aliphatic rings. The Kier molecular flexibility index (Phi) is 15.8. The smallest absolute Gasteiger partial charge is 0.171 e. The molecule has 0 saturated heterocycles. The highest BCUT2D eigenvalue weighted by molar-refractivity contribution is 6.16. The zero-order valence-electron chi connectivity index (χ0n) is 52.0. The van der Waals surface area contributed by atoms with Crippen molar-refractivity contribution < 1.29 is 39.6 Å². The lowest BCUT2D eigenvalue weighted by atomic mass is 9.90. The summed E-state index contributed by atoms with van der Waals surface area (Å²) in [6.07, 6.45) is 3.33. The van der Waals surface area contributed by atoms with E-state index in [0.29, 0.717) is 22.3 Å². The molecule has 8 atom stereocenters. The number of phenols is 4. The maximum atomic E-state index is 13.1. The van der Waals surface area contributed by atoms with E-state index in [2.05, 4.69) is 76.2 Å². The lowest BCUT2D eigenvalue weighted by molar-refractivity contribution is 0.0949. The van der Waals surface area contributed by atoms with Crippen LogP contribution in [0.2, 0.25) is 0 Å². The Morgan fingerprint density at radius 1 is 0.250 bits per heavy atom. The van der Waals surface area contributed by atoms with E-state index in [1.165, 1.54) is 22.3 Å². The van der Waals surface area contributed by atoms with Crippen molar-refractivity contribution in [3.63, 3.8) is 0 Å². The monoisotopic (exact) mass is 1210 g/mol. The zero-order chi connectivity index (χ0) is 64.1. The molecule has 8 nitrogen and oxygen atoms in total. The van der Waals surface area contributed by atoms with Gasteiger partial charge < -0.3 is 20.4 Å². The standard InChI is InChI=1S/4C21H18O2/c4*1-21(15-8-3-2-4-9-15)13-17(21)20(23)19-16-10-6-5-7-14(16)11-12-18(19)22/h4*2-12,17,22H,13H2,1H3/t4*17-,21-/m1111/s1. The van der Waals surface area contributed by atoms with Crippen LogP contribution in [0.3, 0.4) is 0 Å². The third-order valence-electron chi connectivity index (χ3n) is 20.6. The number of benzene rings is 12. The maximum Gasteiger partial charge on any atom is 0.171 e. The van der Waals surface area contributed by atoms with Crippen molar-refractivity contribution in [1.82, 2.24) is 0 Å². The van der Waals surface area contributed by atoms with Crippen molar-refractivity contribution in [3.05, 3.63) is 311 Å². The number of aromatic hydroxyl groups is 4. The minimum atomic E-state index is -0.123. The maximum absolute atomic E-state index is 13.1. The Morgan fingerprint density at radius 2 is 0.424 bits per heavy atom. The first kappa shape index (κ1) is 60.5.